The highest BCUT2D eigenvalue weighted by molar-refractivity contribution is 8.00. The molecule has 0 heterocycles. The molecule has 2 aromatic carbocycles. The summed E-state index contributed by atoms with van der Waals surface area (Å²) in [7, 11) is -3.89. The van der Waals surface area contributed by atoms with E-state index in [2.05, 4.69) is 5.43 Å². The Balaban J connectivity index is 1.89. The average Bonchev–Trinajstić information content (AvgIpc) is 2.59. The van der Waals surface area contributed by atoms with Crippen LogP contribution in [0.3, 0.4) is 0 Å². The number of ketones is 1. The number of hydrogen-bond acceptors (Lipinski definition) is 5. The summed E-state index contributed by atoms with van der Waals surface area (Å²) in [4.78, 5) is 25.9. The van der Waals surface area contributed by atoms with Gasteiger partial charge in [-0.05, 0) is 38.1 Å². The molecular weight excluding hydrogens is 360 g/mol. The lowest BCUT2D eigenvalue weighted by molar-refractivity contribution is -0.119. The van der Waals surface area contributed by atoms with Gasteiger partial charge in [0.05, 0.1) is 10.6 Å². The normalized spacial score (nSPS) is 11.1. The van der Waals surface area contributed by atoms with Crippen LogP contribution in [0.5, 0.6) is 0 Å². The summed E-state index contributed by atoms with van der Waals surface area (Å²) < 4.78 is 24.2. The fourth-order valence-corrected chi connectivity index (χ4v) is 3.43. The van der Waals surface area contributed by atoms with Crippen molar-refractivity contribution < 1.29 is 18.0 Å². The van der Waals surface area contributed by atoms with Crippen LogP contribution in [-0.4, -0.2) is 25.9 Å². The van der Waals surface area contributed by atoms with Gasteiger partial charge < -0.3 is 0 Å². The average molecular weight is 378 g/mol. The highest BCUT2D eigenvalue weighted by atomic mass is 32.2. The van der Waals surface area contributed by atoms with Crippen molar-refractivity contribution in [1.82, 2.24) is 10.3 Å². The first kappa shape index (κ1) is 19.2. The first-order valence-corrected chi connectivity index (χ1v) is 9.86. The van der Waals surface area contributed by atoms with E-state index in [1.807, 2.05) is 36.0 Å². The summed E-state index contributed by atoms with van der Waals surface area (Å²) in [6.45, 7) is 3.37. The van der Waals surface area contributed by atoms with E-state index in [1.54, 1.807) is 0 Å². The van der Waals surface area contributed by atoms with E-state index in [4.69, 9.17) is 0 Å². The second-order valence-corrected chi connectivity index (χ2v) is 8.07. The van der Waals surface area contributed by atoms with Gasteiger partial charge >= 0.3 is 0 Å². The molecular formula is C17H18N2O4S2. The Hall–Kier alpha value is -2.16. The largest absolute Gasteiger partial charge is 0.295 e. The third-order valence-corrected chi connectivity index (χ3v) is 5.56. The lowest BCUT2D eigenvalue weighted by Crippen LogP contribution is -2.42. The molecule has 1 amide bonds. The number of amides is 1. The summed E-state index contributed by atoms with van der Waals surface area (Å²) in [5.74, 6) is -0.540. The van der Waals surface area contributed by atoms with Gasteiger partial charge in [-0.25, -0.2) is 8.42 Å². The van der Waals surface area contributed by atoms with Crippen LogP contribution in [0, 0.1) is 6.92 Å². The Morgan fingerprint density at radius 3 is 2.16 bits per heavy atom. The Kier molecular flexibility index (Phi) is 6.35. The van der Waals surface area contributed by atoms with Crippen molar-refractivity contribution in [2.24, 2.45) is 0 Å². The predicted octanol–water partition coefficient (Wildman–Crippen LogP) is 2.30. The molecule has 6 nitrogen and oxygen atoms in total. The zero-order chi connectivity index (χ0) is 18.4. The molecule has 25 heavy (non-hydrogen) atoms. The van der Waals surface area contributed by atoms with Gasteiger partial charge in [0.15, 0.2) is 5.78 Å². The van der Waals surface area contributed by atoms with Gasteiger partial charge in [0, 0.05) is 10.5 Å². The number of benzene rings is 2. The number of carbonyl (C=O) groups is 2. The van der Waals surface area contributed by atoms with E-state index >= 15 is 0 Å². The molecule has 0 saturated carbocycles. The molecule has 0 radical (unpaired) electrons. The lowest BCUT2D eigenvalue weighted by Gasteiger charge is -2.09. The van der Waals surface area contributed by atoms with Crippen molar-refractivity contribution >= 4 is 33.5 Å². The summed E-state index contributed by atoms with van der Waals surface area (Å²) in [5.41, 5.74) is 3.71. The Morgan fingerprint density at radius 1 is 1.00 bits per heavy atom. The smallest absolute Gasteiger partial charge is 0.257 e. The third-order valence-electron chi connectivity index (χ3n) is 3.29. The quantitative estimate of drug-likeness (QED) is 0.438. The molecule has 8 heteroatoms. The zero-order valence-electron chi connectivity index (χ0n) is 13.8. The van der Waals surface area contributed by atoms with Crippen LogP contribution in [0.15, 0.2) is 58.3 Å². The summed E-state index contributed by atoms with van der Waals surface area (Å²) in [5, 5.41) is 0. The number of carbonyl (C=O) groups excluding carboxylic acids is 2. The molecule has 0 unspecified atom stereocenters. The zero-order valence-corrected chi connectivity index (χ0v) is 15.4. The Labute approximate surface area is 151 Å². The highest BCUT2D eigenvalue weighted by Crippen LogP contribution is 2.17. The van der Waals surface area contributed by atoms with Crippen molar-refractivity contribution in [1.29, 1.82) is 0 Å². The maximum absolute atomic E-state index is 12.1. The standard InChI is InChI=1S/C17H18N2O4S2/c1-12-3-7-15(8-4-12)24-11-17(21)18-19-25(22,23)16-9-5-14(6-10-16)13(2)20/h3-10,19H,11H2,1-2H3,(H,18,21). The van der Waals surface area contributed by atoms with Crippen LogP contribution in [0.2, 0.25) is 0 Å². The van der Waals surface area contributed by atoms with Crippen LogP contribution in [-0.2, 0) is 14.8 Å². The summed E-state index contributed by atoms with van der Waals surface area (Å²) in [6, 6.07) is 13.1. The molecule has 2 rings (SSSR count). The van der Waals surface area contributed by atoms with Gasteiger partial charge in [0.2, 0.25) is 5.91 Å². The second-order valence-electron chi connectivity index (χ2n) is 5.34. The molecule has 2 aromatic rings. The molecule has 0 aliphatic heterocycles. The minimum absolute atomic E-state index is 0.0380. The topological polar surface area (TPSA) is 92.3 Å². The van der Waals surface area contributed by atoms with E-state index < -0.39 is 15.9 Å². The van der Waals surface area contributed by atoms with Crippen LogP contribution in [0.25, 0.3) is 0 Å². The molecule has 0 spiro atoms. The van der Waals surface area contributed by atoms with Gasteiger partial charge in [0.25, 0.3) is 10.0 Å². The first-order valence-electron chi connectivity index (χ1n) is 7.39. The molecule has 132 valence electrons. The van der Waals surface area contributed by atoms with E-state index in [0.29, 0.717) is 5.56 Å². The van der Waals surface area contributed by atoms with Gasteiger partial charge in [-0.1, -0.05) is 29.8 Å². The molecule has 0 fully saturated rings. The Bertz CT molecular complexity index is 861. The number of Topliss-reactive ketones (excluding diaryl/α,β-unsaturated/α-hetero) is 1. The molecule has 0 aliphatic rings. The van der Waals surface area contributed by atoms with Crippen molar-refractivity contribution in [3.05, 3.63) is 59.7 Å². The SMILES string of the molecule is CC(=O)c1ccc(S(=O)(=O)NNC(=O)CSc2ccc(C)cc2)cc1. The Morgan fingerprint density at radius 2 is 1.60 bits per heavy atom. The van der Waals surface area contributed by atoms with Crippen molar-refractivity contribution in [3.63, 3.8) is 0 Å². The highest BCUT2D eigenvalue weighted by Gasteiger charge is 2.15. The lowest BCUT2D eigenvalue weighted by atomic mass is 10.2. The van der Waals surface area contributed by atoms with Crippen molar-refractivity contribution in [2.75, 3.05) is 5.75 Å². The fourth-order valence-electron chi connectivity index (χ4n) is 1.87. The number of hydrogen-bond donors (Lipinski definition) is 2. The fraction of sp³-hybridized carbons (Fsp3) is 0.176. The molecule has 0 aromatic heterocycles. The number of rotatable bonds is 7. The van der Waals surface area contributed by atoms with Gasteiger partial charge in [-0.3, -0.25) is 15.0 Å². The third kappa shape index (κ3) is 5.70. The van der Waals surface area contributed by atoms with Crippen LogP contribution >= 0.6 is 11.8 Å². The van der Waals surface area contributed by atoms with Gasteiger partial charge in [-0.2, -0.15) is 0 Å². The molecule has 0 aliphatic carbocycles. The minimum Gasteiger partial charge on any atom is -0.295 e. The van der Waals surface area contributed by atoms with Gasteiger partial charge in [-0.15, -0.1) is 16.6 Å². The first-order chi connectivity index (χ1) is 11.8. The predicted molar refractivity (Wildman–Crippen MR) is 96.8 cm³/mol. The number of aryl methyl sites for hydroxylation is 1. The summed E-state index contributed by atoms with van der Waals surface area (Å²) in [6.07, 6.45) is 0. The van der Waals surface area contributed by atoms with Crippen molar-refractivity contribution in [2.45, 2.75) is 23.6 Å². The van der Waals surface area contributed by atoms with E-state index in [9.17, 15) is 18.0 Å². The van der Waals surface area contributed by atoms with Crippen LogP contribution in [0.4, 0.5) is 0 Å². The molecule has 0 bridgehead atoms. The van der Waals surface area contributed by atoms with Crippen LogP contribution in [0.1, 0.15) is 22.8 Å². The van der Waals surface area contributed by atoms with Crippen LogP contribution < -0.4 is 10.3 Å². The number of sulfonamides is 1. The van der Waals surface area contributed by atoms with E-state index in [1.165, 1.54) is 43.0 Å². The second kappa shape index (κ2) is 8.28. The van der Waals surface area contributed by atoms with Crippen molar-refractivity contribution in [3.8, 4) is 0 Å². The van der Waals surface area contributed by atoms with Gasteiger partial charge in [0.1, 0.15) is 0 Å². The monoisotopic (exact) mass is 378 g/mol. The number of nitrogens with one attached hydrogen (secondary N) is 2. The van der Waals surface area contributed by atoms with E-state index in [-0.39, 0.29) is 16.4 Å². The molecule has 2 N–H and O–H groups in total. The maximum atomic E-state index is 12.1. The summed E-state index contributed by atoms with van der Waals surface area (Å²) >= 11 is 1.30. The minimum atomic E-state index is -3.89. The molecule has 0 atom stereocenters. The van der Waals surface area contributed by atoms with E-state index in [0.717, 1.165) is 10.5 Å². The maximum Gasteiger partial charge on any atom is 0.257 e. The molecule has 0 saturated heterocycles. The number of hydrazine groups is 1. The number of thioether (sulfide) groups is 1.